The van der Waals surface area contributed by atoms with Crippen molar-refractivity contribution in [2.45, 2.75) is 43.8 Å². The average molecular weight is 364 g/mol. The Hall–Kier alpha value is -2.97. The minimum atomic E-state index is -0.154. The van der Waals surface area contributed by atoms with Crippen LogP contribution in [0.1, 0.15) is 31.7 Å². The van der Waals surface area contributed by atoms with Crippen LogP contribution in [-0.4, -0.2) is 66.4 Å². The fraction of sp³-hybridized carbons (Fsp3) is 0.500. The molecule has 2 saturated heterocycles. The smallest absolute Gasteiger partial charge is 0.245 e. The summed E-state index contributed by atoms with van der Waals surface area (Å²) >= 11 is 0. The van der Waals surface area contributed by atoms with E-state index in [1.807, 2.05) is 29.0 Å². The van der Waals surface area contributed by atoms with Gasteiger partial charge < -0.3 is 9.80 Å². The average Bonchev–Trinajstić information content (AvgIpc) is 3.13. The van der Waals surface area contributed by atoms with E-state index in [-0.39, 0.29) is 18.0 Å². The third-order valence-corrected chi connectivity index (χ3v) is 5.96. The zero-order valence-electron chi connectivity index (χ0n) is 15.0. The summed E-state index contributed by atoms with van der Waals surface area (Å²) in [5.41, 5.74) is 3.31. The van der Waals surface area contributed by atoms with Gasteiger partial charge in [-0.25, -0.2) is 9.97 Å². The van der Waals surface area contributed by atoms with Gasteiger partial charge >= 0.3 is 0 Å². The van der Waals surface area contributed by atoms with Crippen LogP contribution < -0.4 is 4.90 Å². The van der Waals surface area contributed by atoms with E-state index in [0.29, 0.717) is 12.0 Å². The highest BCUT2D eigenvalue weighted by Crippen LogP contribution is 2.37. The Morgan fingerprint density at radius 2 is 2.00 bits per heavy atom. The number of anilines is 1. The molecule has 3 aliphatic rings. The maximum atomic E-state index is 12.5. The molecule has 3 aromatic rings. The van der Waals surface area contributed by atoms with E-state index in [1.165, 1.54) is 12.8 Å². The van der Waals surface area contributed by atoms with Gasteiger partial charge in [-0.3, -0.25) is 14.6 Å². The fourth-order valence-electron chi connectivity index (χ4n) is 4.40. The van der Waals surface area contributed by atoms with E-state index >= 15 is 0 Å². The van der Waals surface area contributed by atoms with Gasteiger partial charge in [0.15, 0.2) is 0 Å². The summed E-state index contributed by atoms with van der Waals surface area (Å²) in [6.07, 6.45) is 9.89. The lowest BCUT2D eigenvalue weighted by Crippen LogP contribution is -2.56. The van der Waals surface area contributed by atoms with Crippen LogP contribution in [0.3, 0.4) is 0 Å². The Balaban J connectivity index is 1.41. The van der Waals surface area contributed by atoms with E-state index in [1.54, 1.807) is 6.20 Å². The molecule has 1 unspecified atom stereocenters. The predicted molar refractivity (Wildman–Crippen MR) is 98.1 cm³/mol. The molecule has 2 bridgehead atoms. The lowest BCUT2D eigenvalue weighted by molar-refractivity contribution is -0.132. The molecule has 9 heteroatoms. The summed E-state index contributed by atoms with van der Waals surface area (Å²) in [6.45, 7) is 0.725. The molecule has 1 N–H and O–H groups in total. The topological polar surface area (TPSA) is 95.8 Å². The van der Waals surface area contributed by atoms with Crippen molar-refractivity contribution in [3.63, 3.8) is 0 Å². The van der Waals surface area contributed by atoms with Gasteiger partial charge in [-0.15, -0.1) is 0 Å². The number of rotatable bonds is 3. The molecule has 138 valence electrons. The van der Waals surface area contributed by atoms with Crippen molar-refractivity contribution < 1.29 is 4.79 Å². The van der Waals surface area contributed by atoms with Crippen LogP contribution in [0.15, 0.2) is 18.6 Å². The maximum absolute atomic E-state index is 12.5. The molecule has 9 nitrogen and oxygen atoms in total. The molecule has 6 rings (SSSR count). The zero-order valence-corrected chi connectivity index (χ0v) is 15.0. The van der Waals surface area contributed by atoms with Gasteiger partial charge in [-0.1, -0.05) is 0 Å². The normalized spacial score (nSPS) is 25.0. The summed E-state index contributed by atoms with van der Waals surface area (Å²) in [6, 6.07) is 0.656. The Kier molecular flexibility index (Phi) is 2.95. The van der Waals surface area contributed by atoms with Gasteiger partial charge in [0.1, 0.15) is 22.8 Å². The van der Waals surface area contributed by atoms with Gasteiger partial charge in [0.2, 0.25) is 11.9 Å². The summed E-state index contributed by atoms with van der Waals surface area (Å²) in [5, 5.41) is 11.9. The molecular weight excluding hydrogens is 344 g/mol. The number of nitrogens with one attached hydrogen (secondary N) is 1. The summed E-state index contributed by atoms with van der Waals surface area (Å²) in [4.78, 5) is 25.8. The summed E-state index contributed by atoms with van der Waals surface area (Å²) in [7, 11) is 1.88. The molecule has 1 saturated carbocycles. The minimum Gasteiger partial charge on any atom is -0.342 e. The number of piperazine rings is 1. The van der Waals surface area contributed by atoms with Crippen LogP contribution in [0.2, 0.25) is 0 Å². The van der Waals surface area contributed by atoms with Crippen molar-refractivity contribution >= 4 is 22.9 Å². The summed E-state index contributed by atoms with van der Waals surface area (Å²) < 4.78 is 2.01. The van der Waals surface area contributed by atoms with Gasteiger partial charge in [0, 0.05) is 25.4 Å². The lowest BCUT2D eigenvalue weighted by atomic mass is 10.2. The van der Waals surface area contributed by atoms with Crippen LogP contribution in [0.4, 0.5) is 5.95 Å². The van der Waals surface area contributed by atoms with E-state index in [9.17, 15) is 4.79 Å². The molecule has 0 spiro atoms. The number of aromatic amines is 1. The molecular formula is C18H20N8O. The second-order valence-corrected chi connectivity index (χ2v) is 7.82. The number of amides is 1. The van der Waals surface area contributed by atoms with Crippen molar-refractivity contribution in [2.24, 2.45) is 0 Å². The molecule has 27 heavy (non-hydrogen) atoms. The number of carbonyl (C=O) groups excluding carboxylic acids is 1. The first kappa shape index (κ1) is 15.1. The number of H-pyrrole nitrogens is 1. The minimum absolute atomic E-state index is 0.154. The zero-order chi connectivity index (χ0) is 18.1. The Labute approximate surface area is 155 Å². The maximum Gasteiger partial charge on any atom is 0.245 e. The SMILES string of the molecule is CN1CC2CC[C@@H](C1=O)N2c1ncc2[nH]nc(-c3cnn(C4CC4)c3)c2n1. The number of hydrogen-bond acceptors (Lipinski definition) is 6. The van der Waals surface area contributed by atoms with Crippen molar-refractivity contribution in [2.75, 3.05) is 18.5 Å². The second-order valence-electron chi connectivity index (χ2n) is 7.82. The monoisotopic (exact) mass is 364 g/mol. The molecule has 1 aliphatic carbocycles. The number of nitrogens with zero attached hydrogens (tertiary/aromatic N) is 7. The number of likely N-dealkylation sites (tertiary alicyclic amines) is 1. The van der Waals surface area contributed by atoms with Crippen LogP contribution in [-0.2, 0) is 4.79 Å². The van der Waals surface area contributed by atoms with Crippen molar-refractivity contribution in [1.82, 2.24) is 34.8 Å². The Morgan fingerprint density at radius 3 is 2.85 bits per heavy atom. The van der Waals surface area contributed by atoms with Crippen molar-refractivity contribution in [1.29, 1.82) is 0 Å². The Bertz CT molecular complexity index is 1050. The number of likely N-dealkylation sites (N-methyl/N-ethyl adjacent to an activating group) is 1. The molecule has 1 amide bonds. The van der Waals surface area contributed by atoms with Crippen LogP contribution in [0.25, 0.3) is 22.3 Å². The van der Waals surface area contributed by atoms with Gasteiger partial charge in [-0.05, 0) is 25.7 Å². The van der Waals surface area contributed by atoms with E-state index in [4.69, 9.17) is 4.98 Å². The third-order valence-electron chi connectivity index (χ3n) is 5.96. The first-order valence-corrected chi connectivity index (χ1v) is 9.48. The molecule has 2 aliphatic heterocycles. The number of fused-ring (bicyclic) bond motifs is 3. The van der Waals surface area contributed by atoms with Gasteiger partial charge in [0.05, 0.1) is 24.5 Å². The molecule has 0 radical (unpaired) electrons. The quantitative estimate of drug-likeness (QED) is 0.754. The van der Waals surface area contributed by atoms with Crippen LogP contribution in [0.5, 0.6) is 0 Å². The van der Waals surface area contributed by atoms with Crippen molar-refractivity contribution in [3.05, 3.63) is 18.6 Å². The predicted octanol–water partition coefficient (Wildman–Crippen LogP) is 1.36. The highest BCUT2D eigenvalue weighted by molar-refractivity contribution is 5.91. The van der Waals surface area contributed by atoms with Crippen molar-refractivity contribution in [3.8, 4) is 11.3 Å². The first-order valence-electron chi connectivity index (χ1n) is 9.48. The number of hydrogen-bond donors (Lipinski definition) is 1. The lowest BCUT2D eigenvalue weighted by Gasteiger charge is -2.38. The van der Waals surface area contributed by atoms with Gasteiger partial charge in [0.25, 0.3) is 0 Å². The highest BCUT2D eigenvalue weighted by Gasteiger charge is 2.45. The molecule has 3 fully saturated rings. The second kappa shape index (κ2) is 5.28. The first-order chi connectivity index (χ1) is 13.2. The largest absolute Gasteiger partial charge is 0.342 e. The highest BCUT2D eigenvalue weighted by atomic mass is 16.2. The van der Waals surface area contributed by atoms with E-state index < -0.39 is 0 Å². The standard InChI is InChI=1S/C18H20N8O/c1-24-9-12-4-5-14(17(24)27)26(12)18-19-7-13-16(21-18)15(23-22-13)10-6-20-25(8-10)11-2-3-11/h6-8,11-12,14H,2-5,9H2,1H3,(H,22,23)/t12?,14-/m0/s1. The fourth-order valence-corrected chi connectivity index (χ4v) is 4.40. The number of carbonyl (C=O) groups is 1. The van der Waals surface area contributed by atoms with Gasteiger partial charge in [-0.2, -0.15) is 10.2 Å². The number of aromatic nitrogens is 6. The molecule has 2 atom stereocenters. The van der Waals surface area contributed by atoms with Crippen LogP contribution in [0, 0.1) is 0 Å². The third kappa shape index (κ3) is 2.20. The van der Waals surface area contributed by atoms with E-state index in [2.05, 4.69) is 25.2 Å². The molecule has 5 heterocycles. The van der Waals surface area contributed by atoms with E-state index in [0.717, 1.165) is 41.7 Å². The van der Waals surface area contributed by atoms with Crippen LogP contribution >= 0.6 is 0 Å². The summed E-state index contributed by atoms with van der Waals surface area (Å²) in [5.74, 6) is 0.777. The molecule has 3 aromatic heterocycles. The molecule has 0 aromatic carbocycles. The Morgan fingerprint density at radius 1 is 1.15 bits per heavy atom.